The normalized spacial score (nSPS) is 19.9. The Morgan fingerprint density at radius 3 is 2.63 bits per heavy atom. The average Bonchev–Trinajstić information content (AvgIpc) is 2.76. The first-order valence-electron chi connectivity index (χ1n) is 6.46. The minimum Gasteiger partial charge on any atom is -0.481 e. The highest BCUT2D eigenvalue weighted by Gasteiger charge is 2.27. The molecule has 3 amide bonds. The summed E-state index contributed by atoms with van der Waals surface area (Å²) in [7, 11) is 0. The van der Waals surface area contributed by atoms with Gasteiger partial charge >= 0.3 is 12.0 Å². The SMILES string of the molecule is CCC(CNC(=O)N1CCC(NC(C)=O)C1)C(=O)O. The molecule has 0 bridgehead atoms. The van der Waals surface area contributed by atoms with Crippen molar-refractivity contribution in [1.82, 2.24) is 15.5 Å². The lowest BCUT2D eigenvalue weighted by molar-refractivity contribution is -0.141. The lowest BCUT2D eigenvalue weighted by Crippen LogP contribution is -2.43. The summed E-state index contributed by atoms with van der Waals surface area (Å²) in [5.41, 5.74) is 0. The number of nitrogens with one attached hydrogen (secondary N) is 2. The van der Waals surface area contributed by atoms with Crippen molar-refractivity contribution in [2.24, 2.45) is 5.92 Å². The van der Waals surface area contributed by atoms with Crippen LogP contribution in [0.4, 0.5) is 4.79 Å². The van der Waals surface area contributed by atoms with Gasteiger partial charge in [-0.3, -0.25) is 9.59 Å². The minimum absolute atomic E-state index is 0.00954. The maximum absolute atomic E-state index is 11.8. The molecule has 1 saturated heterocycles. The number of carbonyl (C=O) groups is 3. The van der Waals surface area contributed by atoms with Gasteiger partial charge in [-0.2, -0.15) is 0 Å². The number of rotatable bonds is 5. The highest BCUT2D eigenvalue weighted by Crippen LogP contribution is 2.09. The van der Waals surface area contributed by atoms with Gasteiger partial charge in [-0.1, -0.05) is 6.92 Å². The summed E-state index contributed by atoms with van der Waals surface area (Å²) in [6.45, 7) is 4.39. The third-order valence-corrected chi connectivity index (χ3v) is 3.22. The van der Waals surface area contributed by atoms with E-state index < -0.39 is 11.9 Å². The van der Waals surface area contributed by atoms with E-state index in [1.165, 1.54) is 6.92 Å². The largest absolute Gasteiger partial charge is 0.481 e. The second kappa shape index (κ2) is 6.96. The Labute approximate surface area is 112 Å². The molecule has 0 aliphatic carbocycles. The summed E-state index contributed by atoms with van der Waals surface area (Å²) < 4.78 is 0. The molecule has 1 rings (SSSR count). The van der Waals surface area contributed by atoms with Crippen LogP contribution in [0.5, 0.6) is 0 Å². The van der Waals surface area contributed by atoms with E-state index in [4.69, 9.17) is 5.11 Å². The highest BCUT2D eigenvalue weighted by molar-refractivity contribution is 5.77. The van der Waals surface area contributed by atoms with E-state index in [0.29, 0.717) is 19.5 Å². The van der Waals surface area contributed by atoms with Gasteiger partial charge in [0.1, 0.15) is 0 Å². The molecule has 0 radical (unpaired) electrons. The van der Waals surface area contributed by atoms with Crippen LogP contribution in [0.1, 0.15) is 26.7 Å². The standard InChI is InChI=1S/C12H21N3O4/c1-3-9(11(17)18)6-13-12(19)15-5-4-10(7-15)14-8(2)16/h9-10H,3-7H2,1-2H3,(H,13,19)(H,14,16)(H,17,18). The Bertz CT molecular complexity index is 359. The van der Waals surface area contributed by atoms with Gasteiger partial charge in [0.2, 0.25) is 5.91 Å². The van der Waals surface area contributed by atoms with Crippen molar-refractivity contribution in [3.8, 4) is 0 Å². The van der Waals surface area contributed by atoms with E-state index in [0.717, 1.165) is 6.42 Å². The van der Waals surface area contributed by atoms with Gasteiger partial charge in [-0.15, -0.1) is 0 Å². The van der Waals surface area contributed by atoms with Gasteiger partial charge in [-0.05, 0) is 12.8 Å². The number of carboxylic acids is 1. The Hall–Kier alpha value is -1.79. The lowest BCUT2D eigenvalue weighted by Gasteiger charge is -2.19. The molecule has 7 heteroatoms. The maximum atomic E-state index is 11.8. The van der Waals surface area contributed by atoms with E-state index in [2.05, 4.69) is 10.6 Å². The van der Waals surface area contributed by atoms with Gasteiger partial charge < -0.3 is 20.6 Å². The summed E-state index contributed by atoms with van der Waals surface area (Å²) in [5.74, 6) is -1.57. The molecule has 2 unspecified atom stereocenters. The molecule has 1 aliphatic heterocycles. The first-order chi connectivity index (χ1) is 8.93. The van der Waals surface area contributed by atoms with Crippen molar-refractivity contribution in [2.45, 2.75) is 32.7 Å². The zero-order valence-corrected chi connectivity index (χ0v) is 11.3. The molecule has 0 spiro atoms. The fourth-order valence-corrected chi connectivity index (χ4v) is 2.08. The predicted octanol–water partition coefficient (Wildman–Crippen LogP) is 0.0172. The predicted molar refractivity (Wildman–Crippen MR) is 68.6 cm³/mol. The molecule has 7 nitrogen and oxygen atoms in total. The van der Waals surface area contributed by atoms with Crippen molar-refractivity contribution < 1.29 is 19.5 Å². The summed E-state index contributed by atoms with van der Waals surface area (Å²) in [6, 6.07) is -0.280. The third-order valence-electron chi connectivity index (χ3n) is 3.22. The molecule has 0 saturated carbocycles. The highest BCUT2D eigenvalue weighted by atomic mass is 16.4. The number of likely N-dealkylation sites (tertiary alicyclic amines) is 1. The molecule has 1 aliphatic rings. The third kappa shape index (κ3) is 4.76. The van der Waals surface area contributed by atoms with Crippen molar-refractivity contribution >= 4 is 17.9 Å². The van der Waals surface area contributed by atoms with Crippen LogP contribution in [0.3, 0.4) is 0 Å². The number of aliphatic carboxylic acids is 1. The summed E-state index contributed by atoms with van der Waals surface area (Å²) in [5, 5.41) is 14.3. The first-order valence-corrected chi connectivity index (χ1v) is 6.46. The number of carbonyl (C=O) groups excluding carboxylic acids is 2. The zero-order valence-electron chi connectivity index (χ0n) is 11.3. The fraction of sp³-hybridized carbons (Fsp3) is 0.750. The Kier molecular flexibility index (Phi) is 5.59. The molecule has 19 heavy (non-hydrogen) atoms. The number of urea groups is 1. The molecule has 3 N–H and O–H groups in total. The van der Waals surface area contributed by atoms with Crippen LogP contribution in [-0.4, -0.2) is 53.6 Å². The van der Waals surface area contributed by atoms with Gasteiger partial charge in [0.15, 0.2) is 0 Å². The minimum atomic E-state index is -0.902. The van der Waals surface area contributed by atoms with Crippen molar-refractivity contribution in [1.29, 1.82) is 0 Å². The van der Waals surface area contributed by atoms with Crippen LogP contribution < -0.4 is 10.6 Å². The van der Waals surface area contributed by atoms with E-state index in [1.807, 2.05) is 0 Å². The van der Waals surface area contributed by atoms with Gasteiger partial charge in [0.05, 0.1) is 5.92 Å². The van der Waals surface area contributed by atoms with Crippen LogP contribution in [0.15, 0.2) is 0 Å². The zero-order chi connectivity index (χ0) is 14.4. The Balaban J connectivity index is 2.35. The average molecular weight is 271 g/mol. The van der Waals surface area contributed by atoms with E-state index in [-0.39, 0.29) is 24.5 Å². The molecule has 2 atom stereocenters. The quantitative estimate of drug-likeness (QED) is 0.656. The van der Waals surface area contributed by atoms with Crippen LogP contribution in [0.2, 0.25) is 0 Å². The molecular formula is C12H21N3O4. The fourth-order valence-electron chi connectivity index (χ4n) is 2.08. The summed E-state index contributed by atoms with van der Waals surface area (Å²) >= 11 is 0. The molecule has 0 aromatic carbocycles. The van der Waals surface area contributed by atoms with Crippen LogP contribution in [0.25, 0.3) is 0 Å². The summed E-state index contributed by atoms with van der Waals surface area (Å²) in [6.07, 6.45) is 1.20. The van der Waals surface area contributed by atoms with Crippen LogP contribution in [-0.2, 0) is 9.59 Å². The van der Waals surface area contributed by atoms with E-state index in [9.17, 15) is 14.4 Å². The molecule has 1 fully saturated rings. The molecule has 1 heterocycles. The molecule has 108 valence electrons. The number of hydrogen-bond donors (Lipinski definition) is 3. The molecule has 0 aromatic heterocycles. The van der Waals surface area contributed by atoms with Crippen molar-refractivity contribution in [3.05, 3.63) is 0 Å². The second-order valence-corrected chi connectivity index (χ2v) is 4.76. The lowest BCUT2D eigenvalue weighted by atomic mass is 10.1. The van der Waals surface area contributed by atoms with E-state index in [1.54, 1.807) is 11.8 Å². The number of hydrogen-bond acceptors (Lipinski definition) is 3. The topological polar surface area (TPSA) is 98.7 Å². The number of amides is 3. The Morgan fingerprint density at radius 2 is 2.11 bits per heavy atom. The smallest absolute Gasteiger partial charge is 0.317 e. The number of nitrogens with zero attached hydrogens (tertiary/aromatic N) is 1. The first kappa shape index (κ1) is 15.3. The van der Waals surface area contributed by atoms with Crippen molar-refractivity contribution in [3.63, 3.8) is 0 Å². The monoisotopic (exact) mass is 271 g/mol. The number of carboxylic acid groups (broad SMARTS) is 1. The van der Waals surface area contributed by atoms with E-state index >= 15 is 0 Å². The Morgan fingerprint density at radius 1 is 1.42 bits per heavy atom. The maximum Gasteiger partial charge on any atom is 0.317 e. The van der Waals surface area contributed by atoms with Crippen LogP contribution in [0, 0.1) is 5.92 Å². The van der Waals surface area contributed by atoms with Gasteiger partial charge in [0.25, 0.3) is 0 Å². The van der Waals surface area contributed by atoms with Crippen LogP contribution >= 0.6 is 0 Å². The van der Waals surface area contributed by atoms with Gasteiger partial charge in [0, 0.05) is 32.6 Å². The van der Waals surface area contributed by atoms with Gasteiger partial charge in [-0.25, -0.2) is 4.79 Å². The molecular weight excluding hydrogens is 250 g/mol. The summed E-state index contributed by atoms with van der Waals surface area (Å²) in [4.78, 5) is 35.2. The molecule has 0 aromatic rings. The second-order valence-electron chi connectivity index (χ2n) is 4.76. The van der Waals surface area contributed by atoms with Crippen molar-refractivity contribution in [2.75, 3.05) is 19.6 Å².